The maximum Gasteiger partial charge on any atom is 0.271 e. The number of benzene rings is 2. The van der Waals surface area contributed by atoms with Crippen LogP contribution in [0, 0.1) is 6.92 Å². The highest BCUT2D eigenvalue weighted by Gasteiger charge is 2.11. The third-order valence-electron chi connectivity index (χ3n) is 4.26. The van der Waals surface area contributed by atoms with Gasteiger partial charge < -0.3 is 5.32 Å². The van der Waals surface area contributed by atoms with Crippen molar-refractivity contribution in [1.29, 1.82) is 0 Å². The molecule has 3 rings (SSSR count). The molecule has 150 valence electrons. The van der Waals surface area contributed by atoms with E-state index in [4.69, 9.17) is 5.14 Å². The van der Waals surface area contributed by atoms with Crippen LogP contribution in [0.25, 0.3) is 0 Å². The first-order valence-electron chi connectivity index (χ1n) is 8.76. The number of nitrogens with two attached hydrogens (primary N) is 1. The predicted molar refractivity (Wildman–Crippen MR) is 108 cm³/mol. The van der Waals surface area contributed by atoms with Crippen LogP contribution in [0.4, 0.5) is 0 Å². The summed E-state index contributed by atoms with van der Waals surface area (Å²) in [6, 6.07) is 16.2. The number of hydrogen-bond donors (Lipinski definition) is 2. The van der Waals surface area contributed by atoms with Crippen molar-refractivity contribution >= 4 is 15.9 Å². The summed E-state index contributed by atoms with van der Waals surface area (Å²) in [5.74, 6) is -0.446. The average molecular weight is 412 g/mol. The van der Waals surface area contributed by atoms with Crippen molar-refractivity contribution in [3.05, 3.63) is 93.4 Å². The van der Waals surface area contributed by atoms with Crippen molar-refractivity contribution in [2.45, 2.75) is 24.9 Å². The van der Waals surface area contributed by atoms with Crippen molar-refractivity contribution in [1.82, 2.24) is 15.1 Å². The highest BCUT2D eigenvalue weighted by atomic mass is 32.2. The number of hydrogen-bond acceptors (Lipinski definition) is 5. The van der Waals surface area contributed by atoms with Crippen molar-refractivity contribution in [2.75, 3.05) is 0 Å². The van der Waals surface area contributed by atoms with Gasteiger partial charge in [0, 0.05) is 12.6 Å². The molecule has 29 heavy (non-hydrogen) atoms. The maximum absolute atomic E-state index is 12.4. The van der Waals surface area contributed by atoms with Crippen LogP contribution in [0.2, 0.25) is 0 Å². The van der Waals surface area contributed by atoms with E-state index in [0.29, 0.717) is 5.56 Å². The smallest absolute Gasteiger partial charge is 0.271 e. The van der Waals surface area contributed by atoms with E-state index in [-0.39, 0.29) is 29.2 Å². The van der Waals surface area contributed by atoms with Gasteiger partial charge >= 0.3 is 0 Å². The highest BCUT2D eigenvalue weighted by Crippen LogP contribution is 2.09. The summed E-state index contributed by atoms with van der Waals surface area (Å²) in [6.45, 7) is 2.40. The maximum atomic E-state index is 12.4. The van der Waals surface area contributed by atoms with Crippen molar-refractivity contribution < 1.29 is 13.2 Å². The fourth-order valence-electron chi connectivity index (χ4n) is 2.62. The molecule has 8 nitrogen and oxygen atoms in total. The van der Waals surface area contributed by atoms with Gasteiger partial charge in [0.1, 0.15) is 5.69 Å². The molecule has 0 aliphatic heterocycles. The molecule has 0 bridgehead atoms. The van der Waals surface area contributed by atoms with Gasteiger partial charge in [-0.05, 0) is 36.2 Å². The Morgan fingerprint density at radius 3 is 2.24 bits per heavy atom. The Bertz CT molecular complexity index is 1180. The molecule has 0 aliphatic rings. The van der Waals surface area contributed by atoms with Crippen molar-refractivity contribution in [3.63, 3.8) is 0 Å². The largest absolute Gasteiger partial charge is 0.347 e. The summed E-state index contributed by atoms with van der Waals surface area (Å²) in [6.07, 6.45) is 0. The Labute approximate surface area is 168 Å². The minimum atomic E-state index is -3.76. The Morgan fingerprint density at radius 2 is 1.62 bits per heavy atom. The molecule has 0 spiro atoms. The molecule has 0 saturated carbocycles. The molecule has 9 heteroatoms. The van der Waals surface area contributed by atoms with Gasteiger partial charge in [-0.1, -0.05) is 42.0 Å². The van der Waals surface area contributed by atoms with Gasteiger partial charge in [-0.3, -0.25) is 9.59 Å². The number of aromatic nitrogens is 2. The lowest BCUT2D eigenvalue weighted by Crippen LogP contribution is -2.29. The second-order valence-electron chi connectivity index (χ2n) is 6.57. The van der Waals surface area contributed by atoms with E-state index in [2.05, 4.69) is 10.4 Å². The zero-order chi connectivity index (χ0) is 21.0. The quantitative estimate of drug-likeness (QED) is 0.629. The number of nitrogens with one attached hydrogen (secondary N) is 1. The number of carbonyl (C=O) groups excluding carboxylic acids is 1. The monoisotopic (exact) mass is 412 g/mol. The van der Waals surface area contributed by atoms with E-state index in [1.165, 1.54) is 28.9 Å². The number of rotatable bonds is 6. The van der Waals surface area contributed by atoms with Gasteiger partial charge in [-0.25, -0.2) is 18.2 Å². The van der Waals surface area contributed by atoms with Crippen LogP contribution < -0.4 is 16.0 Å². The molecule has 0 atom stereocenters. The summed E-state index contributed by atoms with van der Waals surface area (Å²) in [7, 11) is -3.76. The fourth-order valence-corrected chi connectivity index (χ4v) is 3.14. The highest BCUT2D eigenvalue weighted by molar-refractivity contribution is 7.89. The van der Waals surface area contributed by atoms with Crippen LogP contribution in [-0.4, -0.2) is 24.1 Å². The Kier molecular flexibility index (Phi) is 5.90. The standard InChI is InChI=1S/C20H20N4O4S/c1-14-2-4-16(5-3-14)13-24-19(25)11-10-18(23-24)20(26)22-12-15-6-8-17(9-7-15)29(21,27)28/h2-11H,12-13H2,1H3,(H,22,26)(H2,21,27,28). The molecule has 3 aromatic rings. The van der Waals surface area contributed by atoms with E-state index < -0.39 is 15.9 Å². The van der Waals surface area contributed by atoms with Crippen LogP contribution >= 0.6 is 0 Å². The molecule has 0 fully saturated rings. The van der Waals surface area contributed by atoms with Crippen molar-refractivity contribution in [2.24, 2.45) is 5.14 Å². The zero-order valence-corrected chi connectivity index (χ0v) is 16.5. The van der Waals surface area contributed by atoms with Gasteiger partial charge in [-0.2, -0.15) is 5.10 Å². The Hall–Kier alpha value is -3.30. The van der Waals surface area contributed by atoms with E-state index in [0.717, 1.165) is 11.1 Å². The number of primary sulfonamides is 1. The van der Waals surface area contributed by atoms with Crippen LogP contribution in [0.15, 0.2) is 70.4 Å². The lowest BCUT2D eigenvalue weighted by molar-refractivity contribution is 0.0943. The van der Waals surface area contributed by atoms with Crippen LogP contribution in [0.3, 0.4) is 0 Å². The first-order chi connectivity index (χ1) is 13.7. The topological polar surface area (TPSA) is 124 Å². The summed E-state index contributed by atoms with van der Waals surface area (Å²) in [5.41, 5.74) is 2.51. The molecule has 0 unspecified atom stereocenters. The van der Waals surface area contributed by atoms with Gasteiger partial charge in [0.15, 0.2) is 0 Å². The van der Waals surface area contributed by atoms with E-state index in [9.17, 15) is 18.0 Å². The first-order valence-corrected chi connectivity index (χ1v) is 10.3. The zero-order valence-electron chi connectivity index (χ0n) is 15.7. The fraction of sp³-hybridized carbons (Fsp3) is 0.150. The van der Waals surface area contributed by atoms with Crippen LogP contribution in [0.1, 0.15) is 27.2 Å². The van der Waals surface area contributed by atoms with Gasteiger partial charge in [-0.15, -0.1) is 0 Å². The number of sulfonamides is 1. The number of amides is 1. The minimum Gasteiger partial charge on any atom is -0.347 e. The molecule has 3 N–H and O–H groups in total. The molecule has 1 heterocycles. The van der Waals surface area contributed by atoms with E-state index >= 15 is 0 Å². The van der Waals surface area contributed by atoms with Crippen LogP contribution in [0.5, 0.6) is 0 Å². The Balaban J connectivity index is 1.69. The predicted octanol–water partition coefficient (Wildman–Crippen LogP) is 1.18. The van der Waals surface area contributed by atoms with Gasteiger partial charge in [0.05, 0.1) is 11.4 Å². The van der Waals surface area contributed by atoms with Crippen molar-refractivity contribution in [3.8, 4) is 0 Å². The molecule has 1 amide bonds. The summed E-state index contributed by atoms with van der Waals surface area (Å²) in [5, 5.41) is 11.9. The summed E-state index contributed by atoms with van der Waals surface area (Å²) >= 11 is 0. The first kappa shape index (κ1) is 20.4. The number of aryl methyl sites for hydroxylation is 1. The molecular formula is C20H20N4O4S. The number of carbonyl (C=O) groups is 1. The minimum absolute atomic E-state index is 0.00238. The number of nitrogens with zero attached hydrogens (tertiary/aromatic N) is 2. The second kappa shape index (κ2) is 8.38. The van der Waals surface area contributed by atoms with E-state index in [1.54, 1.807) is 12.1 Å². The van der Waals surface area contributed by atoms with Gasteiger partial charge in [0.2, 0.25) is 10.0 Å². The Morgan fingerprint density at radius 1 is 1.00 bits per heavy atom. The molecule has 1 aromatic heterocycles. The van der Waals surface area contributed by atoms with Gasteiger partial charge in [0.25, 0.3) is 11.5 Å². The lowest BCUT2D eigenvalue weighted by Gasteiger charge is -2.09. The summed E-state index contributed by atoms with van der Waals surface area (Å²) in [4.78, 5) is 24.5. The average Bonchev–Trinajstić information content (AvgIpc) is 2.69. The summed E-state index contributed by atoms with van der Waals surface area (Å²) < 4.78 is 23.8. The second-order valence-corrected chi connectivity index (χ2v) is 8.13. The third-order valence-corrected chi connectivity index (χ3v) is 5.19. The normalized spacial score (nSPS) is 11.2. The third kappa shape index (κ3) is 5.37. The molecule has 0 radical (unpaired) electrons. The molecular weight excluding hydrogens is 392 g/mol. The molecule has 0 aliphatic carbocycles. The SMILES string of the molecule is Cc1ccc(Cn2nc(C(=O)NCc3ccc(S(N)(=O)=O)cc3)ccc2=O)cc1. The molecule has 0 saturated heterocycles. The van der Waals surface area contributed by atoms with Crippen LogP contribution in [-0.2, 0) is 23.1 Å². The lowest BCUT2D eigenvalue weighted by atomic mass is 10.1. The molecule has 2 aromatic carbocycles. The van der Waals surface area contributed by atoms with E-state index in [1.807, 2.05) is 31.2 Å².